The van der Waals surface area contributed by atoms with E-state index >= 15 is 0 Å². The van der Waals surface area contributed by atoms with Crippen LogP contribution in [0.5, 0.6) is 0 Å². The van der Waals surface area contributed by atoms with E-state index in [9.17, 15) is 14.4 Å². The molecule has 1 heterocycles. The van der Waals surface area contributed by atoms with Crippen LogP contribution in [0.4, 0.5) is 0 Å². The van der Waals surface area contributed by atoms with Crippen LogP contribution in [-0.2, 0) is 9.59 Å². The lowest BCUT2D eigenvalue weighted by atomic mass is 10.3. The second-order valence-corrected chi connectivity index (χ2v) is 3.71. The summed E-state index contributed by atoms with van der Waals surface area (Å²) in [5, 5.41) is 13.8. The molecule has 0 aliphatic rings. The van der Waals surface area contributed by atoms with Crippen LogP contribution in [-0.4, -0.2) is 42.0 Å². The predicted molar refractivity (Wildman–Crippen MR) is 63.9 cm³/mol. The second kappa shape index (κ2) is 7.17. The maximum absolute atomic E-state index is 11.4. The minimum Gasteiger partial charge on any atom is -0.459 e. The second-order valence-electron chi connectivity index (χ2n) is 3.71. The monoisotopic (exact) mass is 269 g/mol. The fraction of sp³-hybridized carbons (Fsp3) is 0.364. The summed E-state index contributed by atoms with van der Waals surface area (Å²) in [5.41, 5.74) is 4.81. The van der Waals surface area contributed by atoms with Crippen molar-refractivity contribution in [3.05, 3.63) is 24.2 Å². The summed E-state index contributed by atoms with van der Waals surface area (Å²) in [6.45, 7) is -0.141. The van der Waals surface area contributed by atoms with Gasteiger partial charge in [-0.25, -0.2) is 0 Å². The van der Waals surface area contributed by atoms with Crippen LogP contribution in [0.3, 0.4) is 0 Å². The summed E-state index contributed by atoms with van der Waals surface area (Å²) in [4.78, 5) is 33.2. The van der Waals surface area contributed by atoms with Crippen molar-refractivity contribution in [2.45, 2.75) is 12.5 Å². The van der Waals surface area contributed by atoms with Crippen LogP contribution < -0.4 is 16.4 Å². The average Bonchev–Trinajstić information content (AvgIpc) is 2.89. The van der Waals surface area contributed by atoms with E-state index in [1.54, 1.807) is 6.07 Å². The Hall–Kier alpha value is -2.35. The Morgan fingerprint density at radius 2 is 2.11 bits per heavy atom. The van der Waals surface area contributed by atoms with Crippen LogP contribution in [0, 0.1) is 0 Å². The quantitative estimate of drug-likeness (QED) is 0.471. The third-order valence-corrected chi connectivity index (χ3v) is 2.20. The van der Waals surface area contributed by atoms with Gasteiger partial charge >= 0.3 is 0 Å². The topological polar surface area (TPSA) is 135 Å². The van der Waals surface area contributed by atoms with Gasteiger partial charge in [0.25, 0.3) is 5.91 Å². The van der Waals surface area contributed by atoms with Crippen molar-refractivity contribution in [2.24, 2.45) is 5.73 Å². The first-order chi connectivity index (χ1) is 9.00. The number of furan rings is 1. The molecule has 0 aromatic carbocycles. The van der Waals surface area contributed by atoms with Gasteiger partial charge in [-0.2, -0.15) is 0 Å². The SMILES string of the molecule is NC(=O)C(O)CNC(=O)CCNC(=O)c1ccco1. The number of carbonyl (C=O) groups is 3. The van der Waals surface area contributed by atoms with Gasteiger partial charge in [-0.15, -0.1) is 0 Å². The van der Waals surface area contributed by atoms with Gasteiger partial charge in [0.15, 0.2) is 5.76 Å². The van der Waals surface area contributed by atoms with Crippen molar-refractivity contribution in [2.75, 3.05) is 13.1 Å². The zero-order chi connectivity index (χ0) is 14.3. The van der Waals surface area contributed by atoms with E-state index in [-0.39, 0.29) is 25.3 Å². The molecule has 0 bridgehead atoms. The van der Waals surface area contributed by atoms with Crippen LogP contribution >= 0.6 is 0 Å². The van der Waals surface area contributed by atoms with Crippen molar-refractivity contribution in [3.63, 3.8) is 0 Å². The Labute approximate surface area is 108 Å². The summed E-state index contributed by atoms with van der Waals surface area (Å²) in [7, 11) is 0. The molecule has 3 amide bonds. The molecule has 0 radical (unpaired) electrons. The van der Waals surface area contributed by atoms with Gasteiger partial charge in [0.1, 0.15) is 6.10 Å². The first-order valence-electron chi connectivity index (χ1n) is 5.56. The van der Waals surface area contributed by atoms with Gasteiger partial charge in [-0.1, -0.05) is 0 Å². The van der Waals surface area contributed by atoms with Crippen molar-refractivity contribution < 1.29 is 23.9 Å². The molecule has 5 N–H and O–H groups in total. The average molecular weight is 269 g/mol. The van der Waals surface area contributed by atoms with Crippen LogP contribution in [0.25, 0.3) is 0 Å². The van der Waals surface area contributed by atoms with E-state index in [2.05, 4.69) is 10.6 Å². The number of nitrogens with two attached hydrogens (primary N) is 1. The Kier molecular flexibility index (Phi) is 5.55. The maximum Gasteiger partial charge on any atom is 0.286 e. The third-order valence-electron chi connectivity index (χ3n) is 2.20. The molecule has 8 heteroatoms. The summed E-state index contributed by atoms with van der Waals surface area (Å²) >= 11 is 0. The zero-order valence-corrected chi connectivity index (χ0v) is 10.1. The number of rotatable bonds is 7. The minimum absolute atomic E-state index is 0.0118. The van der Waals surface area contributed by atoms with Crippen molar-refractivity contribution in [3.8, 4) is 0 Å². The van der Waals surface area contributed by atoms with Crippen LogP contribution in [0.2, 0.25) is 0 Å². The van der Waals surface area contributed by atoms with Gasteiger partial charge in [0.05, 0.1) is 12.8 Å². The molecule has 0 spiro atoms. The summed E-state index contributed by atoms with van der Waals surface area (Å²) < 4.78 is 4.86. The summed E-state index contributed by atoms with van der Waals surface area (Å²) in [6, 6.07) is 3.07. The highest BCUT2D eigenvalue weighted by Gasteiger charge is 2.12. The van der Waals surface area contributed by atoms with E-state index in [4.69, 9.17) is 15.3 Å². The van der Waals surface area contributed by atoms with Crippen molar-refractivity contribution >= 4 is 17.7 Å². The number of primary amides is 1. The Balaban J connectivity index is 2.17. The normalized spacial score (nSPS) is 11.6. The molecular weight excluding hydrogens is 254 g/mol. The molecular formula is C11H15N3O5. The Morgan fingerprint density at radius 1 is 1.37 bits per heavy atom. The highest BCUT2D eigenvalue weighted by Crippen LogP contribution is 1.98. The molecule has 104 valence electrons. The number of aliphatic hydroxyl groups is 1. The predicted octanol–water partition coefficient (Wildman–Crippen LogP) is -1.64. The van der Waals surface area contributed by atoms with E-state index in [0.717, 1.165) is 0 Å². The first kappa shape index (κ1) is 14.7. The lowest BCUT2D eigenvalue weighted by molar-refractivity contribution is -0.127. The molecule has 0 saturated carbocycles. The van der Waals surface area contributed by atoms with Gasteiger partial charge in [-0.3, -0.25) is 14.4 Å². The van der Waals surface area contributed by atoms with E-state index < -0.39 is 23.8 Å². The highest BCUT2D eigenvalue weighted by atomic mass is 16.3. The maximum atomic E-state index is 11.4. The molecule has 0 aliphatic carbocycles. The number of hydrogen-bond acceptors (Lipinski definition) is 5. The minimum atomic E-state index is -1.42. The number of aliphatic hydroxyl groups excluding tert-OH is 1. The Bertz CT molecular complexity index is 443. The van der Waals surface area contributed by atoms with Crippen molar-refractivity contribution in [1.29, 1.82) is 0 Å². The van der Waals surface area contributed by atoms with Gasteiger partial charge in [0, 0.05) is 13.0 Å². The zero-order valence-electron chi connectivity index (χ0n) is 10.1. The number of hydrogen-bond donors (Lipinski definition) is 4. The number of nitrogens with one attached hydrogen (secondary N) is 2. The highest BCUT2D eigenvalue weighted by molar-refractivity contribution is 5.91. The number of carbonyl (C=O) groups excluding carboxylic acids is 3. The van der Waals surface area contributed by atoms with Crippen LogP contribution in [0.15, 0.2) is 22.8 Å². The van der Waals surface area contributed by atoms with Gasteiger partial charge < -0.3 is 25.9 Å². The summed E-state index contributed by atoms with van der Waals surface area (Å²) in [5.74, 6) is -1.59. The van der Waals surface area contributed by atoms with Gasteiger partial charge in [0.2, 0.25) is 11.8 Å². The lowest BCUT2D eigenvalue weighted by Crippen LogP contribution is -2.40. The Morgan fingerprint density at radius 3 is 2.68 bits per heavy atom. The molecule has 0 saturated heterocycles. The molecule has 0 fully saturated rings. The van der Waals surface area contributed by atoms with E-state index in [0.29, 0.717) is 0 Å². The molecule has 1 unspecified atom stereocenters. The third kappa shape index (κ3) is 5.21. The number of amides is 3. The standard InChI is InChI=1S/C11H15N3O5/c12-10(17)7(15)6-14-9(16)3-4-13-11(18)8-2-1-5-19-8/h1-2,5,7,15H,3-4,6H2,(H2,12,17)(H,13,18)(H,14,16). The smallest absolute Gasteiger partial charge is 0.286 e. The molecule has 1 rings (SSSR count). The van der Waals surface area contributed by atoms with Crippen LogP contribution in [0.1, 0.15) is 17.0 Å². The molecule has 0 aliphatic heterocycles. The fourth-order valence-electron chi connectivity index (χ4n) is 1.18. The molecule has 1 atom stereocenters. The molecule has 1 aromatic rings. The summed E-state index contributed by atoms with van der Waals surface area (Å²) in [6.07, 6.45) is -0.0354. The van der Waals surface area contributed by atoms with Crippen molar-refractivity contribution in [1.82, 2.24) is 10.6 Å². The molecule has 19 heavy (non-hydrogen) atoms. The fourth-order valence-corrected chi connectivity index (χ4v) is 1.18. The first-order valence-corrected chi connectivity index (χ1v) is 5.56. The molecule has 1 aromatic heterocycles. The lowest BCUT2D eigenvalue weighted by Gasteiger charge is -2.08. The van der Waals surface area contributed by atoms with E-state index in [1.807, 2.05) is 0 Å². The van der Waals surface area contributed by atoms with E-state index in [1.165, 1.54) is 12.3 Å². The van der Waals surface area contributed by atoms with Gasteiger partial charge in [-0.05, 0) is 12.1 Å². The molecule has 8 nitrogen and oxygen atoms in total. The largest absolute Gasteiger partial charge is 0.459 e.